The topological polar surface area (TPSA) is 90.3 Å². The van der Waals surface area contributed by atoms with Crippen molar-refractivity contribution in [3.8, 4) is 6.07 Å². The predicted molar refractivity (Wildman–Crippen MR) is 83.5 cm³/mol. The molecule has 1 N–H and O–H groups in total. The highest BCUT2D eigenvalue weighted by atomic mass is 32.2. The molecule has 0 radical (unpaired) electrons. The van der Waals surface area contributed by atoms with Gasteiger partial charge in [0.2, 0.25) is 15.9 Å². The molecule has 1 aliphatic heterocycles. The summed E-state index contributed by atoms with van der Waals surface area (Å²) in [5, 5.41) is 11.4. The van der Waals surface area contributed by atoms with Gasteiger partial charge in [0.05, 0.1) is 24.7 Å². The first-order valence-corrected chi connectivity index (χ1v) is 8.97. The Hall–Kier alpha value is -1.91. The number of amides is 1. The number of hydrogen-bond acceptors (Lipinski definition) is 4. The Morgan fingerprint density at radius 1 is 1.41 bits per heavy atom. The minimum absolute atomic E-state index is 0.165. The van der Waals surface area contributed by atoms with Gasteiger partial charge in [0.1, 0.15) is 0 Å². The molecule has 1 aromatic carbocycles. The van der Waals surface area contributed by atoms with Crippen LogP contribution in [0.2, 0.25) is 0 Å². The molecule has 0 unspecified atom stereocenters. The molecule has 0 spiro atoms. The number of rotatable bonds is 4. The van der Waals surface area contributed by atoms with Gasteiger partial charge in [0.25, 0.3) is 0 Å². The predicted octanol–water partition coefficient (Wildman–Crippen LogP) is 1.36. The van der Waals surface area contributed by atoms with E-state index in [1.54, 1.807) is 24.3 Å². The summed E-state index contributed by atoms with van der Waals surface area (Å²) in [5.41, 5.74) is 1.55. The molecule has 1 fully saturated rings. The van der Waals surface area contributed by atoms with Crippen LogP contribution in [0.1, 0.15) is 18.4 Å². The van der Waals surface area contributed by atoms with E-state index in [-0.39, 0.29) is 18.4 Å². The van der Waals surface area contributed by atoms with E-state index in [0.717, 1.165) is 5.56 Å². The van der Waals surface area contributed by atoms with Crippen LogP contribution in [0.25, 0.3) is 0 Å². The Morgan fingerprint density at radius 2 is 2.09 bits per heavy atom. The van der Waals surface area contributed by atoms with Gasteiger partial charge in [-0.15, -0.1) is 0 Å². The van der Waals surface area contributed by atoms with E-state index in [0.29, 0.717) is 31.5 Å². The van der Waals surface area contributed by atoms with Crippen LogP contribution in [0.5, 0.6) is 0 Å². The van der Waals surface area contributed by atoms with Crippen molar-refractivity contribution < 1.29 is 13.2 Å². The molecular formula is C15H19N3O3S. The molecule has 7 heteroatoms. The quantitative estimate of drug-likeness (QED) is 0.906. The second kappa shape index (κ2) is 6.90. The number of piperidine rings is 1. The largest absolute Gasteiger partial charge is 0.326 e. The number of nitrogens with one attached hydrogen (secondary N) is 1. The van der Waals surface area contributed by atoms with Crippen LogP contribution in [0.3, 0.4) is 0 Å². The zero-order chi connectivity index (χ0) is 16.2. The lowest BCUT2D eigenvalue weighted by molar-refractivity contribution is -0.120. The Balaban J connectivity index is 1.98. The molecule has 2 rings (SSSR count). The maximum absolute atomic E-state index is 12.3. The maximum atomic E-state index is 12.3. The smallest absolute Gasteiger partial charge is 0.228 e. The fourth-order valence-corrected chi connectivity index (χ4v) is 3.41. The van der Waals surface area contributed by atoms with E-state index in [1.807, 2.05) is 0 Å². The number of hydrogen-bond donors (Lipinski definition) is 1. The van der Waals surface area contributed by atoms with Crippen molar-refractivity contribution >= 4 is 21.6 Å². The highest BCUT2D eigenvalue weighted by Crippen LogP contribution is 2.20. The molecule has 0 saturated carbocycles. The summed E-state index contributed by atoms with van der Waals surface area (Å²) in [4.78, 5) is 12.3. The van der Waals surface area contributed by atoms with Gasteiger partial charge < -0.3 is 5.32 Å². The summed E-state index contributed by atoms with van der Waals surface area (Å²) in [7, 11) is -3.25. The van der Waals surface area contributed by atoms with Crippen molar-refractivity contribution in [2.45, 2.75) is 19.3 Å². The molecule has 1 amide bonds. The molecule has 118 valence electrons. The van der Waals surface area contributed by atoms with E-state index in [1.165, 1.54) is 10.6 Å². The Morgan fingerprint density at radius 3 is 2.68 bits per heavy atom. The summed E-state index contributed by atoms with van der Waals surface area (Å²) in [6, 6.07) is 9.16. The molecular weight excluding hydrogens is 302 g/mol. The monoisotopic (exact) mass is 321 g/mol. The first-order chi connectivity index (χ1) is 10.4. The number of anilines is 1. The fraction of sp³-hybridized carbons (Fsp3) is 0.467. The van der Waals surface area contributed by atoms with Crippen LogP contribution in [0.15, 0.2) is 24.3 Å². The first kappa shape index (κ1) is 16.5. The standard InChI is InChI=1S/C15H19N3O3S/c1-22(20,21)18-10-2-3-13(11-18)15(19)17-14-6-4-12(5-7-14)8-9-16/h4-7,13H,2-3,8,10-11H2,1H3,(H,17,19)/t13-/m1/s1. The van der Waals surface area contributed by atoms with E-state index in [4.69, 9.17) is 5.26 Å². The molecule has 1 aliphatic rings. The lowest BCUT2D eigenvalue weighted by atomic mass is 9.98. The molecule has 0 aromatic heterocycles. The van der Waals surface area contributed by atoms with Crippen LogP contribution in [0.4, 0.5) is 5.69 Å². The van der Waals surface area contributed by atoms with Crippen molar-refractivity contribution in [1.82, 2.24) is 4.31 Å². The van der Waals surface area contributed by atoms with Crippen molar-refractivity contribution in [2.75, 3.05) is 24.7 Å². The van der Waals surface area contributed by atoms with Gasteiger partial charge in [0, 0.05) is 18.8 Å². The highest BCUT2D eigenvalue weighted by Gasteiger charge is 2.30. The summed E-state index contributed by atoms with van der Waals surface area (Å²) in [6.45, 7) is 0.711. The SMILES string of the molecule is CS(=O)(=O)N1CCC[C@@H](C(=O)Nc2ccc(CC#N)cc2)C1. The Kier molecular flexibility index (Phi) is 5.16. The van der Waals surface area contributed by atoms with Gasteiger partial charge in [-0.2, -0.15) is 5.26 Å². The Labute approximate surface area is 130 Å². The van der Waals surface area contributed by atoms with Crippen molar-refractivity contribution in [3.05, 3.63) is 29.8 Å². The third-order valence-electron chi connectivity index (χ3n) is 3.73. The molecule has 0 bridgehead atoms. The van der Waals surface area contributed by atoms with Crippen LogP contribution >= 0.6 is 0 Å². The van der Waals surface area contributed by atoms with Crippen molar-refractivity contribution in [3.63, 3.8) is 0 Å². The van der Waals surface area contributed by atoms with E-state index < -0.39 is 10.0 Å². The molecule has 22 heavy (non-hydrogen) atoms. The Bertz CT molecular complexity index is 677. The number of carbonyl (C=O) groups excluding carboxylic acids is 1. The number of nitriles is 1. The average Bonchev–Trinajstić information content (AvgIpc) is 2.49. The second-order valence-corrected chi connectivity index (χ2v) is 7.46. The summed E-state index contributed by atoms with van der Waals surface area (Å²) < 4.78 is 24.5. The normalized spacial score (nSPS) is 19.4. The minimum Gasteiger partial charge on any atom is -0.326 e. The first-order valence-electron chi connectivity index (χ1n) is 7.12. The number of nitrogens with zero attached hydrogens (tertiary/aromatic N) is 2. The maximum Gasteiger partial charge on any atom is 0.228 e. The van der Waals surface area contributed by atoms with Crippen LogP contribution in [0, 0.1) is 17.2 Å². The van der Waals surface area contributed by atoms with E-state index >= 15 is 0 Å². The number of sulfonamides is 1. The van der Waals surface area contributed by atoms with Gasteiger partial charge in [-0.05, 0) is 30.5 Å². The summed E-state index contributed by atoms with van der Waals surface area (Å²) in [6.07, 6.45) is 2.87. The molecule has 1 saturated heterocycles. The fourth-order valence-electron chi connectivity index (χ4n) is 2.50. The third-order valence-corrected chi connectivity index (χ3v) is 5.00. The number of carbonyl (C=O) groups is 1. The summed E-state index contributed by atoms with van der Waals surface area (Å²) in [5.74, 6) is -0.497. The van der Waals surface area contributed by atoms with Gasteiger partial charge >= 0.3 is 0 Å². The van der Waals surface area contributed by atoms with Crippen LogP contribution < -0.4 is 5.32 Å². The summed E-state index contributed by atoms with van der Waals surface area (Å²) >= 11 is 0. The zero-order valence-corrected chi connectivity index (χ0v) is 13.3. The van der Waals surface area contributed by atoms with Crippen molar-refractivity contribution in [2.24, 2.45) is 5.92 Å². The van der Waals surface area contributed by atoms with Gasteiger partial charge in [0.15, 0.2) is 0 Å². The lowest BCUT2D eigenvalue weighted by Gasteiger charge is -2.30. The van der Waals surface area contributed by atoms with Gasteiger partial charge in [-0.1, -0.05) is 12.1 Å². The lowest BCUT2D eigenvalue weighted by Crippen LogP contribution is -2.43. The van der Waals surface area contributed by atoms with Crippen LogP contribution in [-0.4, -0.2) is 38.0 Å². The molecule has 1 atom stereocenters. The highest BCUT2D eigenvalue weighted by molar-refractivity contribution is 7.88. The van der Waals surface area contributed by atoms with Gasteiger partial charge in [-0.3, -0.25) is 4.79 Å². The minimum atomic E-state index is -3.25. The van der Waals surface area contributed by atoms with Crippen molar-refractivity contribution in [1.29, 1.82) is 5.26 Å². The van der Waals surface area contributed by atoms with E-state index in [9.17, 15) is 13.2 Å². The molecule has 1 aromatic rings. The average molecular weight is 321 g/mol. The van der Waals surface area contributed by atoms with Gasteiger partial charge in [-0.25, -0.2) is 12.7 Å². The molecule has 6 nitrogen and oxygen atoms in total. The third kappa shape index (κ3) is 4.29. The van der Waals surface area contributed by atoms with E-state index in [2.05, 4.69) is 11.4 Å². The second-order valence-electron chi connectivity index (χ2n) is 5.48. The molecule has 0 aliphatic carbocycles. The number of benzene rings is 1. The van der Waals surface area contributed by atoms with Crippen LogP contribution in [-0.2, 0) is 21.2 Å². The molecule has 1 heterocycles. The zero-order valence-electron chi connectivity index (χ0n) is 12.4.